The number of aliphatic hydroxyl groups is 2. The molecule has 1 aliphatic heterocycles. The zero-order valence-corrected chi connectivity index (χ0v) is 11.8. The van der Waals surface area contributed by atoms with E-state index in [-0.39, 0.29) is 5.56 Å². The van der Waals surface area contributed by atoms with Crippen molar-refractivity contribution >= 4 is 22.8 Å². The minimum Gasteiger partial charge on any atom is -0.398 e. The van der Waals surface area contributed by atoms with Crippen LogP contribution in [0.5, 0.6) is 0 Å². The molecule has 0 radical (unpaired) electrons. The number of aryl methyl sites for hydroxylation is 1. The number of fused-ring (bicyclic) bond motifs is 4. The van der Waals surface area contributed by atoms with Crippen LogP contribution in [0.3, 0.4) is 0 Å². The zero-order valence-electron chi connectivity index (χ0n) is 11.8. The summed E-state index contributed by atoms with van der Waals surface area (Å²) in [6.45, 7) is 1.83. The molecular formula is C16H15N3O3. The highest BCUT2D eigenvalue weighted by molar-refractivity contribution is 6.11. The number of nitrogen functional groups attached to an aromatic ring is 1. The van der Waals surface area contributed by atoms with E-state index in [1.165, 1.54) is 0 Å². The van der Waals surface area contributed by atoms with Gasteiger partial charge in [-0.1, -0.05) is 24.3 Å². The number of hydrogen-bond acceptors (Lipinski definition) is 6. The largest absolute Gasteiger partial charge is 0.398 e. The normalized spacial score (nSPS) is 28.2. The van der Waals surface area contributed by atoms with Crippen molar-refractivity contribution in [1.29, 1.82) is 0 Å². The molecule has 0 fully saturated rings. The van der Waals surface area contributed by atoms with Crippen molar-refractivity contribution in [3.8, 4) is 0 Å². The molecule has 0 saturated carbocycles. The van der Waals surface area contributed by atoms with Gasteiger partial charge in [0, 0.05) is 16.8 Å². The van der Waals surface area contributed by atoms with Crippen LogP contribution in [0.4, 0.5) is 17.1 Å². The third-order valence-electron chi connectivity index (χ3n) is 4.45. The third-order valence-corrected chi connectivity index (χ3v) is 4.45. The first-order chi connectivity index (χ1) is 10.4. The van der Waals surface area contributed by atoms with E-state index in [0.717, 1.165) is 5.56 Å². The molecule has 2 atom stereocenters. The van der Waals surface area contributed by atoms with Crippen LogP contribution in [-0.4, -0.2) is 21.7 Å². The maximum absolute atomic E-state index is 12.6. The maximum Gasteiger partial charge on any atom is 0.254 e. The average molecular weight is 297 g/mol. The summed E-state index contributed by atoms with van der Waals surface area (Å²) in [5.74, 6) is -0.571. The molecule has 2 aromatic rings. The molecule has 0 amide bonds. The summed E-state index contributed by atoms with van der Waals surface area (Å²) in [5.41, 5.74) is 4.81. The van der Waals surface area contributed by atoms with Gasteiger partial charge in [0.05, 0.1) is 11.4 Å². The predicted molar refractivity (Wildman–Crippen MR) is 82.5 cm³/mol. The molecule has 0 bridgehead atoms. The van der Waals surface area contributed by atoms with Gasteiger partial charge in [0.1, 0.15) is 0 Å². The van der Waals surface area contributed by atoms with E-state index in [2.05, 4.69) is 10.6 Å². The van der Waals surface area contributed by atoms with Gasteiger partial charge in [-0.15, -0.1) is 0 Å². The summed E-state index contributed by atoms with van der Waals surface area (Å²) < 4.78 is 0. The van der Waals surface area contributed by atoms with Crippen LogP contribution < -0.4 is 16.4 Å². The van der Waals surface area contributed by atoms with Crippen LogP contribution in [0, 0.1) is 6.92 Å². The summed E-state index contributed by atoms with van der Waals surface area (Å²) in [4.78, 5) is 12.6. The highest BCUT2D eigenvalue weighted by Crippen LogP contribution is 2.50. The molecule has 2 aromatic carbocycles. The Balaban J connectivity index is 1.97. The maximum atomic E-state index is 12.6. The van der Waals surface area contributed by atoms with Crippen LogP contribution in [0.2, 0.25) is 0 Å². The van der Waals surface area contributed by atoms with Crippen LogP contribution in [-0.2, 0) is 5.72 Å². The number of benzene rings is 2. The Hall–Kier alpha value is -2.57. The highest BCUT2D eigenvalue weighted by Gasteiger charge is 2.65. The van der Waals surface area contributed by atoms with Gasteiger partial charge >= 0.3 is 0 Å². The lowest BCUT2D eigenvalue weighted by Crippen LogP contribution is -2.63. The Bertz CT molecular complexity index is 835. The first-order valence-electron chi connectivity index (χ1n) is 6.92. The third kappa shape index (κ3) is 1.33. The number of hydrogen-bond donors (Lipinski definition) is 5. The van der Waals surface area contributed by atoms with Gasteiger partial charge in [-0.3, -0.25) is 4.79 Å². The molecule has 112 valence electrons. The zero-order chi connectivity index (χ0) is 15.7. The molecule has 22 heavy (non-hydrogen) atoms. The Morgan fingerprint density at radius 1 is 1.05 bits per heavy atom. The van der Waals surface area contributed by atoms with Crippen molar-refractivity contribution in [2.75, 3.05) is 16.4 Å². The number of nitrogens with one attached hydrogen (secondary N) is 2. The standard InChI is InChI=1S/C16H15N3O3/c1-8-6-12-13(7-11(8)17)18-15(21)10-5-3-2-4-9(10)14(20)16(15,22)19-12/h2-7,18-19,21-22H,17H2,1H3/t15-,16-/m0/s1. The topological polar surface area (TPSA) is 108 Å². The lowest BCUT2D eigenvalue weighted by molar-refractivity contribution is -0.0913. The number of Topliss-reactive ketones (excluding diaryl/α,β-unsaturated/α-hetero) is 1. The number of ketones is 1. The molecule has 1 heterocycles. The van der Waals surface area contributed by atoms with Crippen molar-refractivity contribution < 1.29 is 15.0 Å². The minimum atomic E-state index is -2.16. The molecule has 1 aliphatic carbocycles. The quantitative estimate of drug-likeness (QED) is 0.467. The fraction of sp³-hybridized carbons (Fsp3) is 0.188. The van der Waals surface area contributed by atoms with E-state index in [9.17, 15) is 15.0 Å². The average Bonchev–Trinajstić information content (AvgIpc) is 2.65. The molecule has 6 heteroatoms. The van der Waals surface area contributed by atoms with E-state index >= 15 is 0 Å². The van der Waals surface area contributed by atoms with E-state index in [1.807, 2.05) is 6.92 Å². The summed E-state index contributed by atoms with van der Waals surface area (Å²) in [6, 6.07) is 9.99. The first kappa shape index (κ1) is 13.1. The minimum absolute atomic E-state index is 0.282. The van der Waals surface area contributed by atoms with E-state index in [1.54, 1.807) is 36.4 Å². The SMILES string of the molecule is Cc1cc2c(cc1N)N[C@]1(O)c3ccccc3C(=O)[C@@]1(O)N2. The Labute approximate surface area is 126 Å². The van der Waals surface area contributed by atoms with Crippen LogP contribution in [0.15, 0.2) is 36.4 Å². The second-order valence-corrected chi connectivity index (χ2v) is 5.80. The fourth-order valence-corrected chi connectivity index (χ4v) is 3.18. The molecule has 0 saturated heterocycles. The molecular weight excluding hydrogens is 282 g/mol. The monoisotopic (exact) mass is 297 g/mol. The van der Waals surface area contributed by atoms with Crippen LogP contribution in [0.25, 0.3) is 0 Å². The second-order valence-electron chi connectivity index (χ2n) is 5.80. The van der Waals surface area contributed by atoms with Gasteiger partial charge in [-0.2, -0.15) is 0 Å². The predicted octanol–water partition coefficient (Wildman–Crippen LogP) is 1.14. The van der Waals surface area contributed by atoms with Crippen LogP contribution >= 0.6 is 0 Å². The summed E-state index contributed by atoms with van der Waals surface area (Å²) >= 11 is 0. The van der Waals surface area contributed by atoms with Gasteiger partial charge in [-0.25, -0.2) is 0 Å². The number of carbonyl (C=O) groups is 1. The van der Waals surface area contributed by atoms with Crippen molar-refractivity contribution in [2.24, 2.45) is 0 Å². The summed E-state index contributed by atoms with van der Waals surface area (Å²) in [6.07, 6.45) is 0. The fourth-order valence-electron chi connectivity index (χ4n) is 3.18. The van der Waals surface area contributed by atoms with Gasteiger partial charge < -0.3 is 26.6 Å². The summed E-state index contributed by atoms with van der Waals surface area (Å²) in [5, 5.41) is 27.5. The van der Waals surface area contributed by atoms with Gasteiger partial charge in [0.25, 0.3) is 5.72 Å². The first-order valence-corrected chi connectivity index (χ1v) is 6.92. The molecule has 6 nitrogen and oxygen atoms in total. The Morgan fingerprint density at radius 3 is 2.45 bits per heavy atom. The van der Waals surface area contributed by atoms with E-state index < -0.39 is 17.2 Å². The number of rotatable bonds is 0. The molecule has 6 N–H and O–H groups in total. The molecule has 0 aromatic heterocycles. The van der Waals surface area contributed by atoms with Gasteiger partial charge in [0.2, 0.25) is 11.5 Å². The van der Waals surface area contributed by atoms with E-state index in [0.29, 0.717) is 22.6 Å². The molecule has 4 rings (SSSR count). The lowest BCUT2D eigenvalue weighted by atomic mass is 9.94. The number of carbonyl (C=O) groups excluding carboxylic acids is 1. The smallest absolute Gasteiger partial charge is 0.254 e. The van der Waals surface area contributed by atoms with Crippen molar-refractivity contribution in [3.63, 3.8) is 0 Å². The number of nitrogens with two attached hydrogens (primary N) is 1. The lowest BCUT2D eigenvalue weighted by Gasteiger charge is -2.44. The van der Waals surface area contributed by atoms with Crippen molar-refractivity contribution in [3.05, 3.63) is 53.1 Å². The molecule has 0 spiro atoms. The Kier molecular flexibility index (Phi) is 2.26. The second kappa shape index (κ2) is 3.79. The van der Waals surface area contributed by atoms with Gasteiger partial charge in [-0.05, 0) is 24.6 Å². The van der Waals surface area contributed by atoms with Gasteiger partial charge in [0.15, 0.2) is 0 Å². The van der Waals surface area contributed by atoms with Crippen molar-refractivity contribution in [2.45, 2.75) is 18.4 Å². The van der Waals surface area contributed by atoms with E-state index in [4.69, 9.17) is 5.73 Å². The molecule has 2 aliphatic rings. The summed E-state index contributed by atoms with van der Waals surface area (Å²) in [7, 11) is 0. The van der Waals surface area contributed by atoms with Crippen LogP contribution in [0.1, 0.15) is 21.5 Å². The highest BCUT2D eigenvalue weighted by atomic mass is 16.4. The van der Waals surface area contributed by atoms with Crippen molar-refractivity contribution in [1.82, 2.24) is 0 Å². The Morgan fingerprint density at radius 2 is 1.68 bits per heavy atom. The molecule has 0 unspecified atom stereocenters. The number of anilines is 3.